The molecule has 0 spiro atoms. The van der Waals surface area contributed by atoms with Crippen LogP contribution in [0.3, 0.4) is 0 Å². The van der Waals surface area contributed by atoms with Crippen molar-refractivity contribution in [2.45, 2.75) is 25.4 Å². The third-order valence-electron chi connectivity index (χ3n) is 1.80. The lowest BCUT2D eigenvalue weighted by Crippen LogP contribution is -2.50. The van der Waals surface area contributed by atoms with Gasteiger partial charge in [0.2, 0.25) is 5.91 Å². The summed E-state index contributed by atoms with van der Waals surface area (Å²) in [6, 6.07) is -2.30. The Bertz CT molecular complexity index is 294. The number of carboxylic acids is 1. The second-order valence-electron chi connectivity index (χ2n) is 3.54. The fourth-order valence-corrected chi connectivity index (χ4v) is 1.12. The Morgan fingerprint density at radius 1 is 1.35 bits per heavy atom. The highest BCUT2D eigenvalue weighted by Gasteiger charge is 2.22. The first-order valence-electron chi connectivity index (χ1n) is 4.94. The zero-order chi connectivity index (χ0) is 13.4. The van der Waals surface area contributed by atoms with Gasteiger partial charge < -0.3 is 26.2 Å². The van der Waals surface area contributed by atoms with E-state index in [-0.39, 0.29) is 6.04 Å². The predicted molar refractivity (Wildman–Crippen MR) is 58.2 cm³/mol. The number of carboxylic acid groups (broad SMARTS) is 1. The molecule has 0 fully saturated rings. The Hall–Kier alpha value is -1.83. The van der Waals surface area contributed by atoms with E-state index in [4.69, 9.17) is 15.6 Å². The van der Waals surface area contributed by atoms with E-state index in [0.29, 0.717) is 6.61 Å². The van der Waals surface area contributed by atoms with Crippen LogP contribution in [0.5, 0.6) is 0 Å². The number of amides is 3. The van der Waals surface area contributed by atoms with E-state index in [1.165, 1.54) is 7.11 Å². The van der Waals surface area contributed by atoms with Gasteiger partial charge in [-0.05, 0) is 6.92 Å². The van der Waals surface area contributed by atoms with E-state index < -0.39 is 30.4 Å². The minimum atomic E-state index is -1.33. The number of ether oxygens (including phenoxy) is 1. The highest BCUT2D eigenvalue weighted by molar-refractivity contribution is 5.87. The molecule has 0 saturated carbocycles. The van der Waals surface area contributed by atoms with E-state index in [1.54, 1.807) is 6.92 Å². The molecule has 98 valence electrons. The summed E-state index contributed by atoms with van der Waals surface area (Å²) in [5, 5.41) is 13.3. The zero-order valence-corrected chi connectivity index (χ0v) is 9.73. The van der Waals surface area contributed by atoms with E-state index in [0.717, 1.165) is 0 Å². The average Bonchev–Trinajstić information content (AvgIpc) is 2.15. The highest BCUT2D eigenvalue weighted by Crippen LogP contribution is 1.92. The molecule has 2 unspecified atom stereocenters. The summed E-state index contributed by atoms with van der Waals surface area (Å²) in [4.78, 5) is 32.6. The molecule has 0 heterocycles. The molecule has 17 heavy (non-hydrogen) atoms. The summed E-state index contributed by atoms with van der Waals surface area (Å²) in [6.07, 6.45) is -0.457. The van der Waals surface area contributed by atoms with Crippen molar-refractivity contribution in [2.24, 2.45) is 5.73 Å². The van der Waals surface area contributed by atoms with Crippen LogP contribution >= 0.6 is 0 Å². The van der Waals surface area contributed by atoms with Gasteiger partial charge in [0.1, 0.15) is 6.04 Å². The molecule has 0 aromatic carbocycles. The first kappa shape index (κ1) is 15.2. The number of rotatable bonds is 7. The van der Waals surface area contributed by atoms with Crippen molar-refractivity contribution in [1.82, 2.24) is 10.6 Å². The minimum absolute atomic E-state index is 0.275. The molecule has 8 heteroatoms. The first-order valence-corrected chi connectivity index (χ1v) is 4.94. The lowest BCUT2D eigenvalue weighted by atomic mass is 10.2. The van der Waals surface area contributed by atoms with Crippen LogP contribution in [0.2, 0.25) is 0 Å². The van der Waals surface area contributed by atoms with Crippen LogP contribution in [0.25, 0.3) is 0 Å². The van der Waals surface area contributed by atoms with Crippen molar-refractivity contribution < 1.29 is 24.2 Å². The Labute approximate surface area is 98.5 Å². The Kier molecular flexibility index (Phi) is 6.64. The van der Waals surface area contributed by atoms with Crippen molar-refractivity contribution >= 4 is 17.9 Å². The molecular weight excluding hydrogens is 230 g/mol. The van der Waals surface area contributed by atoms with Gasteiger partial charge in [-0.2, -0.15) is 0 Å². The number of nitrogens with one attached hydrogen (secondary N) is 2. The molecule has 0 bridgehead atoms. The van der Waals surface area contributed by atoms with E-state index in [9.17, 15) is 14.4 Å². The van der Waals surface area contributed by atoms with E-state index >= 15 is 0 Å². The number of carbonyl (C=O) groups is 3. The van der Waals surface area contributed by atoms with Crippen molar-refractivity contribution in [1.29, 1.82) is 0 Å². The van der Waals surface area contributed by atoms with Crippen LogP contribution in [0.15, 0.2) is 0 Å². The second kappa shape index (κ2) is 7.44. The highest BCUT2D eigenvalue weighted by atomic mass is 16.5. The quantitative estimate of drug-likeness (QED) is 0.441. The first-order chi connectivity index (χ1) is 7.86. The van der Waals surface area contributed by atoms with Crippen LogP contribution in [0.1, 0.15) is 13.3 Å². The van der Waals surface area contributed by atoms with Gasteiger partial charge in [-0.1, -0.05) is 0 Å². The Balaban J connectivity index is 4.21. The van der Waals surface area contributed by atoms with Crippen molar-refractivity contribution in [3.05, 3.63) is 0 Å². The minimum Gasteiger partial charge on any atom is -0.480 e. The molecule has 8 nitrogen and oxygen atoms in total. The Morgan fingerprint density at radius 2 is 1.94 bits per heavy atom. The number of aliphatic carboxylic acids is 1. The largest absolute Gasteiger partial charge is 0.480 e. The summed E-state index contributed by atoms with van der Waals surface area (Å²) in [5.41, 5.74) is 4.86. The molecule has 0 aromatic heterocycles. The number of hydrogen-bond acceptors (Lipinski definition) is 4. The third-order valence-corrected chi connectivity index (χ3v) is 1.80. The van der Waals surface area contributed by atoms with Gasteiger partial charge in [-0.3, -0.25) is 4.79 Å². The second-order valence-corrected chi connectivity index (χ2v) is 3.54. The molecule has 0 rings (SSSR count). The van der Waals surface area contributed by atoms with Gasteiger partial charge in [-0.25, -0.2) is 9.59 Å². The van der Waals surface area contributed by atoms with Gasteiger partial charge in [0, 0.05) is 7.11 Å². The summed E-state index contributed by atoms with van der Waals surface area (Å²) in [5.74, 6) is -2.12. The van der Waals surface area contributed by atoms with E-state index in [1.807, 2.05) is 0 Å². The maximum Gasteiger partial charge on any atom is 0.326 e. The number of primary amides is 1. The van der Waals surface area contributed by atoms with Gasteiger partial charge >= 0.3 is 12.0 Å². The summed E-state index contributed by atoms with van der Waals surface area (Å²) in [6.45, 7) is 1.98. The molecule has 0 radical (unpaired) electrons. The van der Waals surface area contributed by atoms with Crippen LogP contribution < -0.4 is 16.4 Å². The maximum atomic E-state index is 11.3. The number of hydrogen-bond donors (Lipinski definition) is 4. The van der Waals surface area contributed by atoms with Gasteiger partial charge in [0.25, 0.3) is 0 Å². The normalized spacial score (nSPS) is 13.5. The molecule has 0 aliphatic carbocycles. The van der Waals surface area contributed by atoms with E-state index in [2.05, 4.69) is 10.6 Å². The molecule has 3 amide bonds. The third kappa shape index (κ3) is 7.12. The van der Waals surface area contributed by atoms with Gasteiger partial charge in [0.05, 0.1) is 19.1 Å². The van der Waals surface area contributed by atoms with Crippen molar-refractivity contribution in [3.63, 3.8) is 0 Å². The predicted octanol–water partition coefficient (Wildman–Crippen LogP) is -1.35. The average molecular weight is 247 g/mol. The van der Waals surface area contributed by atoms with Crippen LogP contribution in [0.4, 0.5) is 4.79 Å². The number of carbonyl (C=O) groups excluding carboxylic acids is 2. The molecular formula is C9H17N3O5. The maximum absolute atomic E-state index is 11.3. The summed E-state index contributed by atoms with van der Waals surface area (Å²) >= 11 is 0. The molecule has 5 N–H and O–H groups in total. The number of nitrogens with two attached hydrogens (primary N) is 1. The smallest absolute Gasteiger partial charge is 0.326 e. The van der Waals surface area contributed by atoms with Crippen LogP contribution in [-0.4, -0.2) is 48.8 Å². The van der Waals surface area contributed by atoms with Crippen molar-refractivity contribution in [2.75, 3.05) is 13.7 Å². The van der Waals surface area contributed by atoms with Crippen molar-refractivity contribution in [3.8, 4) is 0 Å². The number of urea groups is 1. The topological polar surface area (TPSA) is 131 Å². The Morgan fingerprint density at radius 3 is 2.35 bits per heavy atom. The zero-order valence-electron chi connectivity index (χ0n) is 9.73. The fraction of sp³-hybridized carbons (Fsp3) is 0.667. The SMILES string of the molecule is COCC(C)NC(=O)NC(CC(N)=O)C(=O)O. The van der Waals surface area contributed by atoms with Crippen LogP contribution in [-0.2, 0) is 14.3 Å². The lowest BCUT2D eigenvalue weighted by molar-refractivity contribution is -0.140. The van der Waals surface area contributed by atoms with Gasteiger partial charge in [0.15, 0.2) is 0 Å². The molecule has 0 aliphatic rings. The summed E-state index contributed by atoms with van der Waals surface area (Å²) < 4.78 is 4.79. The molecule has 0 aromatic rings. The molecule has 0 aliphatic heterocycles. The standard InChI is InChI=1S/C9H17N3O5/c1-5(4-17-2)11-9(16)12-6(8(14)15)3-7(10)13/h5-6H,3-4H2,1-2H3,(H2,10,13)(H,14,15)(H2,11,12,16). The lowest BCUT2D eigenvalue weighted by Gasteiger charge is -2.17. The van der Waals surface area contributed by atoms with Crippen LogP contribution in [0, 0.1) is 0 Å². The summed E-state index contributed by atoms with van der Waals surface area (Å²) in [7, 11) is 1.48. The molecule has 0 saturated heterocycles. The monoisotopic (exact) mass is 247 g/mol. The fourth-order valence-electron chi connectivity index (χ4n) is 1.12. The molecule has 2 atom stereocenters. The van der Waals surface area contributed by atoms with Gasteiger partial charge in [-0.15, -0.1) is 0 Å². The number of methoxy groups -OCH3 is 1.